The van der Waals surface area contributed by atoms with Gasteiger partial charge in [-0.25, -0.2) is 0 Å². The highest BCUT2D eigenvalue weighted by Gasteiger charge is 2.19. The fourth-order valence-corrected chi connectivity index (χ4v) is 2.88. The molecule has 2 aromatic carbocycles. The maximum Gasteiger partial charge on any atom is 0.270 e. The molecule has 0 aliphatic rings. The molecule has 0 fully saturated rings. The van der Waals surface area contributed by atoms with E-state index in [1.807, 2.05) is 0 Å². The van der Waals surface area contributed by atoms with Crippen molar-refractivity contribution in [2.45, 2.75) is 6.42 Å². The Morgan fingerprint density at radius 1 is 1.23 bits per heavy atom. The van der Waals surface area contributed by atoms with Crippen LogP contribution >= 0.6 is 11.6 Å². The Balaban J connectivity index is 1.71. The van der Waals surface area contributed by atoms with Crippen molar-refractivity contribution in [3.05, 3.63) is 75.1 Å². The van der Waals surface area contributed by atoms with Crippen molar-refractivity contribution in [1.82, 2.24) is 15.0 Å². The highest BCUT2D eigenvalue weighted by molar-refractivity contribution is 6.30. The van der Waals surface area contributed by atoms with Crippen LogP contribution in [0.4, 0.5) is 5.69 Å². The highest BCUT2D eigenvalue weighted by Crippen LogP contribution is 2.19. The molecule has 0 bridgehead atoms. The lowest BCUT2D eigenvalue weighted by molar-refractivity contribution is -0.384. The van der Waals surface area contributed by atoms with E-state index in [4.69, 9.17) is 20.9 Å². The molecule has 30 heavy (non-hydrogen) atoms. The number of rotatable bonds is 9. The van der Waals surface area contributed by atoms with Crippen molar-refractivity contribution in [2.75, 3.05) is 26.8 Å². The lowest BCUT2D eigenvalue weighted by atomic mass is 10.1. The Labute approximate surface area is 177 Å². The second-order valence-electron chi connectivity index (χ2n) is 6.36. The van der Waals surface area contributed by atoms with Gasteiger partial charge in [-0.05, 0) is 30.3 Å². The summed E-state index contributed by atoms with van der Waals surface area (Å²) in [6.45, 7) is 0.921. The maximum atomic E-state index is 12.9. The first-order chi connectivity index (χ1) is 14.5. The molecule has 3 aromatic rings. The smallest absolute Gasteiger partial charge is 0.270 e. The minimum atomic E-state index is -0.535. The zero-order valence-corrected chi connectivity index (χ0v) is 16.9. The van der Waals surface area contributed by atoms with Gasteiger partial charge in [0.15, 0.2) is 0 Å². The van der Waals surface area contributed by atoms with Gasteiger partial charge in [0.2, 0.25) is 11.7 Å². The van der Waals surface area contributed by atoms with Gasteiger partial charge in [-0.15, -0.1) is 0 Å². The van der Waals surface area contributed by atoms with Gasteiger partial charge in [0.05, 0.1) is 11.5 Å². The normalized spacial score (nSPS) is 10.7. The van der Waals surface area contributed by atoms with Crippen molar-refractivity contribution < 1.29 is 19.0 Å². The first kappa shape index (κ1) is 21.4. The number of carbonyl (C=O) groups is 1. The van der Waals surface area contributed by atoms with E-state index in [-0.39, 0.29) is 23.7 Å². The van der Waals surface area contributed by atoms with E-state index in [1.165, 1.54) is 30.2 Å². The van der Waals surface area contributed by atoms with Gasteiger partial charge in [0.1, 0.15) is 0 Å². The summed E-state index contributed by atoms with van der Waals surface area (Å²) >= 11 is 5.89. The fraction of sp³-hybridized carbons (Fsp3) is 0.250. The number of carbonyl (C=O) groups excluding carboxylic acids is 1. The Kier molecular flexibility index (Phi) is 7.10. The summed E-state index contributed by atoms with van der Waals surface area (Å²) < 4.78 is 10.4. The number of hydrogen-bond donors (Lipinski definition) is 0. The molecule has 1 amide bonds. The van der Waals surface area contributed by atoms with E-state index in [0.717, 1.165) is 5.56 Å². The quantitative estimate of drug-likeness (QED) is 0.376. The highest BCUT2D eigenvalue weighted by atomic mass is 35.5. The van der Waals surface area contributed by atoms with Crippen LogP contribution in [0.3, 0.4) is 0 Å². The van der Waals surface area contributed by atoms with Crippen LogP contribution in [-0.4, -0.2) is 52.7 Å². The molecule has 0 unspecified atom stereocenters. The second-order valence-corrected chi connectivity index (χ2v) is 6.80. The zero-order valence-electron chi connectivity index (χ0n) is 16.2. The molecule has 0 spiro atoms. The topological polar surface area (TPSA) is 112 Å². The van der Waals surface area contributed by atoms with Crippen LogP contribution in [0.5, 0.6) is 0 Å². The standard InChI is InChI=1S/C20H19ClN4O5/c1-29-12-11-24(20(26)15-3-2-4-17(13-15)25(27)28)10-9-18-22-19(23-30-18)14-5-7-16(21)8-6-14/h2-8,13H,9-12H2,1H3. The number of nitro groups is 1. The average molecular weight is 431 g/mol. The summed E-state index contributed by atoms with van der Waals surface area (Å²) in [4.78, 5) is 29.2. The Hall–Kier alpha value is -3.30. The molecule has 0 saturated heterocycles. The minimum Gasteiger partial charge on any atom is -0.383 e. The lowest BCUT2D eigenvalue weighted by Crippen LogP contribution is -2.35. The van der Waals surface area contributed by atoms with Gasteiger partial charge in [-0.3, -0.25) is 14.9 Å². The molecule has 0 saturated carbocycles. The molecule has 1 aromatic heterocycles. The van der Waals surface area contributed by atoms with Crippen LogP contribution in [-0.2, 0) is 11.2 Å². The van der Waals surface area contributed by atoms with E-state index >= 15 is 0 Å². The monoisotopic (exact) mass is 430 g/mol. The molecule has 3 rings (SSSR count). The third kappa shape index (κ3) is 5.40. The van der Waals surface area contributed by atoms with Gasteiger partial charge >= 0.3 is 0 Å². The number of aromatic nitrogens is 2. The Morgan fingerprint density at radius 3 is 2.70 bits per heavy atom. The van der Waals surface area contributed by atoms with E-state index in [9.17, 15) is 14.9 Å². The molecule has 0 atom stereocenters. The van der Waals surface area contributed by atoms with E-state index in [2.05, 4.69) is 10.1 Å². The van der Waals surface area contributed by atoms with Gasteiger partial charge in [0.25, 0.3) is 11.6 Å². The van der Waals surface area contributed by atoms with Crippen molar-refractivity contribution in [2.24, 2.45) is 0 Å². The van der Waals surface area contributed by atoms with E-state index in [0.29, 0.717) is 36.3 Å². The molecule has 156 valence electrons. The first-order valence-corrected chi connectivity index (χ1v) is 9.47. The molecule has 1 heterocycles. The van der Waals surface area contributed by atoms with Crippen LogP contribution in [0, 0.1) is 10.1 Å². The fourth-order valence-electron chi connectivity index (χ4n) is 2.75. The summed E-state index contributed by atoms with van der Waals surface area (Å²) in [5, 5.41) is 15.6. The lowest BCUT2D eigenvalue weighted by Gasteiger charge is -2.21. The molecular formula is C20H19ClN4O5. The third-order valence-electron chi connectivity index (χ3n) is 4.32. The minimum absolute atomic E-state index is 0.142. The number of amides is 1. The van der Waals surface area contributed by atoms with Crippen molar-refractivity contribution in [1.29, 1.82) is 0 Å². The predicted molar refractivity (Wildman–Crippen MR) is 109 cm³/mol. The van der Waals surface area contributed by atoms with Crippen LogP contribution in [0.15, 0.2) is 53.1 Å². The number of ether oxygens (including phenoxy) is 1. The number of benzene rings is 2. The Morgan fingerprint density at radius 2 is 2.00 bits per heavy atom. The van der Waals surface area contributed by atoms with Gasteiger partial charge in [-0.2, -0.15) is 4.98 Å². The third-order valence-corrected chi connectivity index (χ3v) is 4.57. The van der Waals surface area contributed by atoms with E-state index < -0.39 is 4.92 Å². The number of halogens is 1. The predicted octanol–water partition coefficient (Wildman–Crippen LogP) is 3.63. The number of nitro benzene ring substituents is 1. The van der Waals surface area contributed by atoms with Gasteiger partial charge in [-0.1, -0.05) is 22.8 Å². The number of non-ortho nitro benzene ring substituents is 1. The van der Waals surface area contributed by atoms with Crippen molar-refractivity contribution in [3.63, 3.8) is 0 Å². The van der Waals surface area contributed by atoms with Gasteiger partial charge < -0.3 is 14.2 Å². The summed E-state index contributed by atoms with van der Waals surface area (Å²) in [5.41, 5.74) is 0.850. The SMILES string of the molecule is COCCN(CCc1nc(-c2ccc(Cl)cc2)no1)C(=O)c1cccc([N+](=O)[O-])c1. The summed E-state index contributed by atoms with van der Waals surface area (Å²) in [5.74, 6) is 0.456. The number of hydrogen-bond acceptors (Lipinski definition) is 7. The molecular weight excluding hydrogens is 412 g/mol. The summed E-state index contributed by atoms with van der Waals surface area (Å²) in [6.07, 6.45) is 0.324. The van der Waals surface area contributed by atoms with Crippen LogP contribution in [0.2, 0.25) is 5.02 Å². The molecule has 0 radical (unpaired) electrons. The summed E-state index contributed by atoms with van der Waals surface area (Å²) in [6, 6.07) is 12.7. The van der Waals surface area contributed by atoms with Gasteiger partial charge in [0, 0.05) is 54.9 Å². The first-order valence-electron chi connectivity index (χ1n) is 9.09. The van der Waals surface area contributed by atoms with Crippen molar-refractivity contribution in [3.8, 4) is 11.4 Å². The number of methoxy groups -OCH3 is 1. The molecule has 0 aliphatic heterocycles. The largest absolute Gasteiger partial charge is 0.383 e. The molecule has 0 N–H and O–H groups in total. The zero-order chi connectivity index (χ0) is 21.5. The van der Waals surface area contributed by atoms with Crippen LogP contribution < -0.4 is 0 Å². The van der Waals surface area contributed by atoms with Crippen LogP contribution in [0.1, 0.15) is 16.2 Å². The molecule has 10 heteroatoms. The molecule has 0 aliphatic carbocycles. The average Bonchev–Trinajstić information content (AvgIpc) is 3.23. The number of nitrogens with zero attached hydrogens (tertiary/aromatic N) is 4. The maximum absolute atomic E-state index is 12.9. The second kappa shape index (κ2) is 9.95. The van der Waals surface area contributed by atoms with Crippen molar-refractivity contribution >= 4 is 23.2 Å². The Bertz CT molecular complexity index is 1020. The van der Waals surface area contributed by atoms with Crippen LogP contribution in [0.25, 0.3) is 11.4 Å². The van der Waals surface area contributed by atoms with E-state index in [1.54, 1.807) is 30.3 Å². The molecule has 9 nitrogen and oxygen atoms in total. The summed E-state index contributed by atoms with van der Waals surface area (Å²) in [7, 11) is 1.53.